The van der Waals surface area contributed by atoms with Gasteiger partial charge in [0.15, 0.2) is 4.67 Å². The standard InChI is InChI=1S/C14H17BrN2O/c1-3-16-12(13-6-7-14(15)18-13)8-11-5-4-10(2)9-17-11/h4-7,9,12,16H,3,8H2,1-2H3. The van der Waals surface area contributed by atoms with Gasteiger partial charge in [-0.2, -0.15) is 0 Å². The van der Waals surface area contributed by atoms with Crippen molar-refractivity contribution in [3.63, 3.8) is 0 Å². The first kappa shape index (κ1) is 13.3. The molecule has 2 aromatic rings. The van der Waals surface area contributed by atoms with Crippen molar-refractivity contribution in [2.75, 3.05) is 6.54 Å². The van der Waals surface area contributed by atoms with Gasteiger partial charge < -0.3 is 9.73 Å². The first-order chi connectivity index (χ1) is 8.69. The molecule has 2 rings (SSSR count). The fourth-order valence-electron chi connectivity index (χ4n) is 1.86. The number of furan rings is 1. The highest BCUT2D eigenvalue weighted by atomic mass is 79.9. The second-order valence-corrected chi connectivity index (χ2v) is 5.06. The zero-order valence-corrected chi connectivity index (χ0v) is 12.2. The highest BCUT2D eigenvalue weighted by Gasteiger charge is 2.15. The van der Waals surface area contributed by atoms with Crippen LogP contribution >= 0.6 is 15.9 Å². The summed E-state index contributed by atoms with van der Waals surface area (Å²) in [6.45, 7) is 5.03. The maximum atomic E-state index is 5.62. The number of likely N-dealkylation sites (N-methyl/N-ethyl adjacent to an activating group) is 1. The second-order valence-electron chi connectivity index (χ2n) is 4.28. The predicted octanol–water partition coefficient (Wildman–Crippen LogP) is 3.64. The van der Waals surface area contributed by atoms with Crippen LogP contribution in [0.2, 0.25) is 0 Å². The molecule has 0 aromatic carbocycles. The fourth-order valence-corrected chi connectivity index (χ4v) is 2.18. The van der Waals surface area contributed by atoms with Gasteiger partial charge in [0.05, 0.1) is 6.04 Å². The summed E-state index contributed by atoms with van der Waals surface area (Å²) in [4.78, 5) is 4.44. The molecule has 0 fully saturated rings. The molecule has 0 saturated heterocycles. The summed E-state index contributed by atoms with van der Waals surface area (Å²) >= 11 is 3.34. The first-order valence-corrected chi connectivity index (χ1v) is 6.88. The van der Waals surface area contributed by atoms with E-state index in [9.17, 15) is 0 Å². The average Bonchev–Trinajstić information content (AvgIpc) is 2.78. The number of nitrogens with one attached hydrogen (secondary N) is 1. The van der Waals surface area contributed by atoms with Gasteiger partial charge in [0.2, 0.25) is 0 Å². The SMILES string of the molecule is CCNC(Cc1ccc(C)cn1)c1ccc(Br)o1. The Hall–Kier alpha value is -1.13. The molecule has 0 aliphatic rings. The molecule has 4 heteroatoms. The molecule has 1 atom stereocenters. The van der Waals surface area contributed by atoms with Gasteiger partial charge in [0.25, 0.3) is 0 Å². The normalized spacial score (nSPS) is 12.6. The monoisotopic (exact) mass is 308 g/mol. The quantitative estimate of drug-likeness (QED) is 0.916. The van der Waals surface area contributed by atoms with Crippen molar-refractivity contribution in [1.82, 2.24) is 10.3 Å². The molecule has 0 aliphatic carbocycles. The third kappa shape index (κ3) is 3.43. The van der Waals surface area contributed by atoms with Crippen LogP contribution in [0, 0.1) is 6.92 Å². The maximum absolute atomic E-state index is 5.62. The van der Waals surface area contributed by atoms with Crippen molar-refractivity contribution in [1.29, 1.82) is 0 Å². The number of nitrogens with zero attached hydrogens (tertiary/aromatic N) is 1. The molecule has 0 spiro atoms. The van der Waals surface area contributed by atoms with Gasteiger partial charge in [-0.15, -0.1) is 0 Å². The number of hydrogen-bond donors (Lipinski definition) is 1. The van der Waals surface area contributed by atoms with Gasteiger partial charge in [-0.1, -0.05) is 13.0 Å². The zero-order valence-electron chi connectivity index (χ0n) is 10.6. The Morgan fingerprint density at radius 1 is 1.33 bits per heavy atom. The van der Waals surface area contributed by atoms with Gasteiger partial charge in [-0.25, -0.2) is 0 Å². The van der Waals surface area contributed by atoms with Crippen molar-refractivity contribution >= 4 is 15.9 Å². The minimum absolute atomic E-state index is 0.163. The molecule has 0 radical (unpaired) electrons. The number of halogens is 1. The van der Waals surface area contributed by atoms with E-state index in [1.54, 1.807) is 0 Å². The number of rotatable bonds is 5. The van der Waals surface area contributed by atoms with Crippen molar-refractivity contribution in [2.45, 2.75) is 26.3 Å². The van der Waals surface area contributed by atoms with Crippen molar-refractivity contribution in [3.05, 3.63) is 52.1 Å². The lowest BCUT2D eigenvalue weighted by Gasteiger charge is -2.15. The lowest BCUT2D eigenvalue weighted by molar-refractivity contribution is 0.403. The van der Waals surface area contributed by atoms with Crippen molar-refractivity contribution in [2.24, 2.45) is 0 Å². The minimum Gasteiger partial charge on any atom is -0.453 e. The van der Waals surface area contributed by atoms with E-state index in [1.807, 2.05) is 25.3 Å². The van der Waals surface area contributed by atoms with Crippen molar-refractivity contribution in [3.8, 4) is 0 Å². The Bertz CT molecular complexity index is 493. The molecule has 2 aromatic heterocycles. The number of pyridine rings is 1. The Balaban J connectivity index is 2.13. The largest absolute Gasteiger partial charge is 0.453 e. The van der Waals surface area contributed by atoms with Crippen LogP contribution < -0.4 is 5.32 Å². The van der Waals surface area contributed by atoms with E-state index < -0.39 is 0 Å². The van der Waals surface area contributed by atoms with E-state index in [-0.39, 0.29) is 6.04 Å². The lowest BCUT2D eigenvalue weighted by atomic mass is 10.1. The zero-order chi connectivity index (χ0) is 13.0. The van der Waals surface area contributed by atoms with Crippen LogP contribution in [0.1, 0.15) is 30.0 Å². The highest BCUT2D eigenvalue weighted by molar-refractivity contribution is 9.10. The summed E-state index contributed by atoms with van der Waals surface area (Å²) in [5, 5.41) is 3.42. The van der Waals surface area contributed by atoms with Crippen LogP contribution in [-0.4, -0.2) is 11.5 Å². The molecule has 0 bridgehead atoms. The molecule has 1 unspecified atom stereocenters. The highest BCUT2D eigenvalue weighted by Crippen LogP contribution is 2.23. The van der Waals surface area contributed by atoms with Crippen molar-refractivity contribution < 1.29 is 4.42 Å². The van der Waals surface area contributed by atoms with E-state index in [2.05, 4.69) is 45.3 Å². The van der Waals surface area contributed by atoms with Gasteiger partial charge in [0, 0.05) is 18.3 Å². The lowest BCUT2D eigenvalue weighted by Crippen LogP contribution is -2.22. The molecular formula is C14H17BrN2O. The molecule has 1 N–H and O–H groups in total. The summed E-state index contributed by atoms with van der Waals surface area (Å²) in [5.74, 6) is 0.936. The number of hydrogen-bond acceptors (Lipinski definition) is 3. The van der Waals surface area contributed by atoms with Gasteiger partial charge in [-0.05, 0) is 53.2 Å². The van der Waals surface area contributed by atoms with Crippen LogP contribution in [0.25, 0.3) is 0 Å². The van der Waals surface area contributed by atoms with Crippen LogP contribution in [0.5, 0.6) is 0 Å². The van der Waals surface area contributed by atoms with E-state index in [1.165, 1.54) is 5.56 Å². The summed E-state index contributed by atoms with van der Waals surface area (Å²) in [6, 6.07) is 8.23. The number of aromatic nitrogens is 1. The van der Waals surface area contributed by atoms with E-state index in [0.29, 0.717) is 0 Å². The first-order valence-electron chi connectivity index (χ1n) is 6.09. The van der Waals surface area contributed by atoms with Gasteiger partial charge in [-0.3, -0.25) is 4.98 Å². The topological polar surface area (TPSA) is 38.1 Å². The maximum Gasteiger partial charge on any atom is 0.169 e. The molecule has 3 nitrogen and oxygen atoms in total. The minimum atomic E-state index is 0.163. The molecule has 96 valence electrons. The van der Waals surface area contributed by atoms with Gasteiger partial charge >= 0.3 is 0 Å². The molecule has 0 saturated carbocycles. The Morgan fingerprint density at radius 2 is 2.17 bits per heavy atom. The van der Waals surface area contributed by atoms with Gasteiger partial charge in [0.1, 0.15) is 5.76 Å². The van der Waals surface area contributed by atoms with E-state index in [0.717, 1.165) is 29.1 Å². The molecule has 18 heavy (non-hydrogen) atoms. The number of aryl methyl sites for hydroxylation is 1. The van der Waals surface area contributed by atoms with Crippen LogP contribution in [0.15, 0.2) is 39.5 Å². The van der Waals surface area contributed by atoms with Crippen LogP contribution in [0.3, 0.4) is 0 Å². The molecule has 0 amide bonds. The Morgan fingerprint density at radius 3 is 2.72 bits per heavy atom. The molecular weight excluding hydrogens is 292 g/mol. The van der Waals surface area contributed by atoms with Crippen LogP contribution in [0.4, 0.5) is 0 Å². The molecule has 0 aliphatic heterocycles. The van der Waals surface area contributed by atoms with E-state index in [4.69, 9.17) is 4.42 Å². The summed E-state index contributed by atoms with van der Waals surface area (Å²) in [7, 11) is 0. The average molecular weight is 309 g/mol. The Labute approximate surface area is 116 Å². The summed E-state index contributed by atoms with van der Waals surface area (Å²) in [6.07, 6.45) is 2.73. The van der Waals surface area contributed by atoms with Crippen LogP contribution in [-0.2, 0) is 6.42 Å². The summed E-state index contributed by atoms with van der Waals surface area (Å²) < 4.78 is 6.38. The van der Waals surface area contributed by atoms with E-state index >= 15 is 0 Å². The predicted molar refractivity (Wildman–Crippen MR) is 75.5 cm³/mol. The second kappa shape index (κ2) is 6.16. The third-order valence-electron chi connectivity index (χ3n) is 2.77. The third-order valence-corrected chi connectivity index (χ3v) is 3.20. The summed E-state index contributed by atoms with van der Waals surface area (Å²) in [5.41, 5.74) is 2.25. The fraction of sp³-hybridized carbons (Fsp3) is 0.357. The smallest absolute Gasteiger partial charge is 0.169 e. The molecule has 2 heterocycles. The Kier molecular flexibility index (Phi) is 4.55.